The van der Waals surface area contributed by atoms with E-state index in [1.54, 1.807) is 10.9 Å². The van der Waals surface area contributed by atoms with E-state index in [2.05, 4.69) is 61.7 Å². The highest BCUT2D eigenvalue weighted by molar-refractivity contribution is 6.04. The molecular weight excluding hydrogens is 520 g/mol. The van der Waals surface area contributed by atoms with E-state index in [9.17, 15) is 4.79 Å². The van der Waals surface area contributed by atoms with Gasteiger partial charge in [-0.05, 0) is 24.6 Å². The first-order valence-electron chi connectivity index (χ1n) is 13.8. The van der Waals surface area contributed by atoms with Crippen molar-refractivity contribution in [3.63, 3.8) is 0 Å². The van der Waals surface area contributed by atoms with E-state index in [1.165, 1.54) is 6.33 Å². The van der Waals surface area contributed by atoms with Crippen molar-refractivity contribution in [1.82, 2.24) is 34.2 Å². The van der Waals surface area contributed by atoms with E-state index in [4.69, 9.17) is 4.74 Å². The number of amides is 1. The number of ether oxygens (including phenoxy) is 1. The Kier molecular flexibility index (Phi) is 8.31. The maximum Gasteiger partial charge on any atom is 0.256 e. The number of carbonyl (C=O) groups excluding carboxylic acids is 1. The Bertz CT molecular complexity index is 1500. The number of rotatable bonds is 9. The summed E-state index contributed by atoms with van der Waals surface area (Å²) >= 11 is 0. The number of morpholine rings is 1. The lowest BCUT2D eigenvalue weighted by Gasteiger charge is -2.26. The molecule has 4 heterocycles. The van der Waals surface area contributed by atoms with E-state index in [1.807, 2.05) is 55.1 Å². The molecule has 0 atom stereocenters. The number of nitrogens with one attached hydrogen (secondary N) is 3. The monoisotopic (exact) mass is 558 g/mol. The molecule has 3 aromatic heterocycles. The molecule has 1 aliphatic rings. The lowest BCUT2D eigenvalue weighted by Crippen LogP contribution is -2.39. The van der Waals surface area contributed by atoms with Gasteiger partial charge in [0, 0.05) is 74.4 Å². The fourth-order valence-corrected chi connectivity index (χ4v) is 4.48. The summed E-state index contributed by atoms with van der Waals surface area (Å²) in [5.74, 6) is 2.41. The van der Waals surface area contributed by atoms with Crippen LogP contribution in [0.3, 0.4) is 0 Å². The highest BCUT2D eigenvalue weighted by atomic mass is 16.5. The first-order chi connectivity index (χ1) is 19.7. The Hall–Kier alpha value is -4.29. The van der Waals surface area contributed by atoms with Crippen molar-refractivity contribution in [1.29, 1.82) is 0 Å². The molecule has 0 aliphatic carbocycles. The molecule has 12 heteroatoms. The van der Waals surface area contributed by atoms with Gasteiger partial charge in [0.05, 0.1) is 18.9 Å². The molecule has 4 aromatic rings. The van der Waals surface area contributed by atoms with Gasteiger partial charge in [-0.25, -0.2) is 15.0 Å². The third-order valence-electron chi connectivity index (χ3n) is 7.01. The number of carbonyl (C=O) groups is 1. The van der Waals surface area contributed by atoms with Crippen molar-refractivity contribution in [2.24, 2.45) is 7.05 Å². The minimum absolute atomic E-state index is 0.118. The quantitative estimate of drug-likeness (QED) is 0.282. The third kappa shape index (κ3) is 6.90. The first kappa shape index (κ1) is 28.2. The van der Waals surface area contributed by atoms with Gasteiger partial charge in [-0.3, -0.25) is 18.9 Å². The highest BCUT2D eigenvalue weighted by Crippen LogP contribution is 2.26. The minimum atomic E-state index is -0.219. The van der Waals surface area contributed by atoms with E-state index < -0.39 is 0 Å². The molecule has 216 valence electrons. The van der Waals surface area contributed by atoms with Crippen LogP contribution in [-0.4, -0.2) is 79.5 Å². The molecule has 1 amide bonds. The number of hydrogen-bond acceptors (Lipinski definition) is 9. The summed E-state index contributed by atoms with van der Waals surface area (Å²) in [5.41, 5.74) is 3.05. The lowest BCUT2D eigenvalue weighted by atomic mass is 9.92. The predicted octanol–water partition coefficient (Wildman–Crippen LogP) is 3.74. The van der Waals surface area contributed by atoms with Crippen molar-refractivity contribution in [2.75, 3.05) is 55.3 Å². The van der Waals surface area contributed by atoms with Crippen LogP contribution in [0.5, 0.6) is 0 Å². The number of anilines is 4. The van der Waals surface area contributed by atoms with Crippen LogP contribution in [0, 0.1) is 6.92 Å². The van der Waals surface area contributed by atoms with Gasteiger partial charge in [0.25, 0.3) is 5.91 Å². The Morgan fingerprint density at radius 2 is 1.88 bits per heavy atom. The second kappa shape index (κ2) is 12.1. The lowest BCUT2D eigenvalue weighted by molar-refractivity contribution is 0.0398. The van der Waals surface area contributed by atoms with Crippen molar-refractivity contribution in [3.05, 3.63) is 65.9 Å². The maximum absolute atomic E-state index is 13.2. The van der Waals surface area contributed by atoms with Gasteiger partial charge in [0.1, 0.15) is 23.8 Å². The molecule has 41 heavy (non-hydrogen) atoms. The molecule has 1 aromatic carbocycles. The largest absolute Gasteiger partial charge is 0.379 e. The summed E-state index contributed by atoms with van der Waals surface area (Å²) < 4.78 is 8.96. The van der Waals surface area contributed by atoms with Crippen LogP contribution in [0.1, 0.15) is 42.4 Å². The minimum Gasteiger partial charge on any atom is -0.379 e. The van der Waals surface area contributed by atoms with Crippen LogP contribution in [0.2, 0.25) is 0 Å². The number of imidazole rings is 1. The highest BCUT2D eigenvalue weighted by Gasteiger charge is 2.20. The summed E-state index contributed by atoms with van der Waals surface area (Å²) in [6.07, 6.45) is 5.08. The van der Waals surface area contributed by atoms with Crippen LogP contribution in [0.4, 0.5) is 23.3 Å². The zero-order valence-corrected chi connectivity index (χ0v) is 24.3. The van der Waals surface area contributed by atoms with Gasteiger partial charge >= 0.3 is 0 Å². The summed E-state index contributed by atoms with van der Waals surface area (Å²) in [4.78, 5) is 28.9. The fraction of sp³-hybridized carbons (Fsp3) is 0.414. The van der Waals surface area contributed by atoms with Crippen LogP contribution in [0.15, 0.2) is 49.1 Å². The average Bonchev–Trinajstić information content (AvgIpc) is 3.57. The van der Waals surface area contributed by atoms with Crippen molar-refractivity contribution < 1.29 is 9.53 Å². The molecule has 0 saturated carbocycles. The number of nitrogens with zero attached hydrogens (tertiary/aromatic N) is 7. The first-order valence-corrected chi connectivity index (χ1v) is 13.8. The summed E-state index contributed by atoms with van der Waals surface area (Å²) in [6, 6.07) is 9.35. The zero-order chi connectivity index (χ0) is 29.0. The normalized spacial score (nSPS) is 14.2. The Labute approximate surface area is 240 Å². The fourth-order valence-electron chi connectivity index (χ4n) is 4.48. The van der Waals surface area contributed by atoms with E-state index in [0.717, 1.165) is 62.2 Å². The van der Waals surface area contributed by atoms with Crippen LogP contribution in [-0.2, 0) is 17.2 Å². The van der Waals surface area contributed by atoms with Crippen LogP contribution >= 0.6 is 0 Å². The second-order valence-electron chi connectivity index (χ2n) is 11.2. The van der Waals surface area contributed by atoms with Crippen LogP contribution < -0.4 is 16.0 Å². The molecule has 0 unspecified atom stereocenters. The van der Waals surface area contributed by atoms with Gasteiger partial charge < -0.3 is 20.7 Å². The van der Waals surface area contributed by atoms with Crippen molar-refractivity contribution in [2.45, 2.75) is 33.1 Å². The number of benzene rings is 1. The standard InChI is InChI=1S/C29H38N10O2/c1-20-6-7-21(27(40)35-26-17-23(29(2,3)4)36-37(26)5)16-22(20)34-28-31-9-11-39(28)25-18-24(32-19-33-25)30-8-10-38-12-14-41-15-13-38/h6-7,9,11,16-19H,8,10,12-15H2,1-5H3,(H,31,34)(H,35,40)(H,30,32,33). The summed E-state index contributed by atoms with van der Waals surface area (Å²) in [6.45, 7) is 13.4. The molecule has 0 radical (unpaired) electrons. The van der Waals surface area contributed by atoms with Gasteiger partial charge in [0.15, 0.2) is 0 Å². The van der Waals surface area contributed by atoms with Gasteiger partial charge in [-0.2, -0.15) is 5.10 Å². The Balaban J connectivity index is 1.28. The Morgan fingerprint density at radius 1 is 1.07 bits per heavy atom. The summed E-state index contributed by atoms with van der Waals surface area (Å²) in [7, 11) is 1.82. The van der Waals surface area contributed by atoms with E-state index in [0.29, 0.717) is 23.1 Å². The Morgan fingerprint density at radius 3 is 2.63 bits per heavy atom. The van der Waals surface area contributed by atoms with Gasteiger partial charge in [-0.15, -0.1) is 0 Å². The van der Waals surface area contributed by atoms with Crippen molar-refractivity contribution in [3.8, 4) is 5.82 Å². The zero-order valence-electron chi connectivity index (χ0n) is 24.3. The topological polar surface area (TPSA) is 127 Å². The molecule has 3 N–H and O–H groups in total. The molecule has 1 aliphatic heterocycles. The average molecular weight is 559 g/mol. The van der Waals surface area contributed by atoms with Crippen LogP contribution in [0.25, 0.3) is 5.82 Å². The third-order valence-corrected chi connectivity index (χ3v) is 7.01. The molecule has 5 rings (SSSR count). The van der Waals surface area contributed by atoms with Gasteiger partial charge in [-0.1, -0.05) is 26.8 Å². The predicted molar refractivity (Wildman–Crippen MR) is 159 cm³/mol. The van der Waals surface area contributed by atoms with E-state index in [-0.39, 0.29) is 11.3 Å². The van der Waals surface area contributed by atoms with E-state index >= 15 is 0 Å². The maximum atomic E-state index is 13.2. The van der Waals surface area contributed by atoms with Crippen molar-refractivity contribution >= 4 is 29.2 Å². The summed E-state index contributed by atoms with van der Waals surface area (Å²) in [5, 5.41) is 14.3. The number of aromatic nitrogens is 6. The van der Waals surface area contributed by atoms with Gasteiger partial charge in [0.2, 0.25) is 5.95 Å². The molecule has 1 saturated heterocycles. The second-order valence-corrected chi connectivity index (χ2v) is 11.2. The number of hydrogen-bond donors (Lipinski definition) is 3. The molecule has 12 nitrogen and oxygen atoms in total. The smallest absolute Gasteiger partial charge is 0.256 e. The molecule has 1 fully saturated rings. The number of aryl methyl sites for hydroxylation is 2. The molecule has 0 spiro atoms. The molecule has 0 bridgehead atoms. The SMILES string of the molecule is Cc1ccc(C(=O)Nc2cc(C(C)(C)C)nn2C)cc1Nc1nccn1-c1cc(NCCN2CCOCC2)ncn1. The molecular formula is C29H38N10O2.